The summed E-state index contributed by atoms with van der Waals surface area (Å²) >= 11 is 1.51. The van der Waals surface area contributed by atoms with Crippen LogP contribution in [0.3, 0.4) is 0 Å². The molecule has 0 spiro atoms. The van der Waals surface area contributed by atoms with E-state index in [2.05, 4.69) is 18.2 Å². The highest BCUT2D eigenvalue weighted by molar-refractivity contribution is 7.16. The molecule has 0 saturated heterocycles. The molecule has 0 radical (unpaired) electrons. The van der Waals surface area contributed by atoms with Crippen LogP contribution in [-0.4, -0.2) is 6.61 Å². The number of nitriles is 1. The van der Waals surface area contributed by atoms with Gasteiger partial charge in [-0.15, -0.1) is 11.3 Å². The molecule has 20 heavy (non-hydrogen) atoms. The standard InChI is InChI=1S/C17H17NOS/c1-2-3-4-5-12-19-15-8-6-14(7-9-15)17-11-10-16(13-18)20-17/h2-3,6-11H,4-5,12H2,1H3/b3-2+. The largest absolute Gasteiger partial charge is 0.494 e. The molecule has 1 heterocycles. The zero-order valence-electron chi connectivity index (χ0n) is 11.5. The van der Waals surface area contributed by atoms with Crippen LogP contribution in [0.15, 0.2) is 48.6 Å². The second kappa shape index (κ2) is 7.52. The topological polar surface area (TPSA) is 33.0 Å². The predicted octanol–water partition coefficient (Wildman–Crippen LogP) is 5.02. The summed E-state index contributed by atoms with van der Waals surface area (Å²) in [4.78, 5) is 1.85. The summed E-state index contributed by atoms with van der Waals surface area (Å²) in [6, 6.07) is 14.0. The lowest BCUT2D eigenvalue weighted by Crippen LogP contribution is -1.96. The van der Waals surface area contributed by atoms with Crippen LogP contribution in [0, 0.1) is 11.3 Å². The minimum Gasteiger partial charge on any atom is -0.494 e. The number of hydrogen-bond donors (Lipinski definition) is 0. The van der Waals surface area contributed by atoms with E-state index in [4.69, 9.17) is 10.00 Å². The van der Waals surface area contributed by atoms with E-state index in [9.17, 15) is 0 Å². The molecular formula is C17H17NOS. The smallest absolute Gasteiger partial charge is 0.119 e. The number of unbranched alkanes of at least 4 members (excludes halogenated alkanes) is 1. The molecule has 2 nitrogen and oxygen atoms in total. The lowest BCUT2D eigenvalue weighted by molar-refractivity contribution is 0.312. The lowest BCUT2D eigenvalue weighted by atomic mass is 10.2. The quantitative estimate of drug-likeness (QED) is 0.550. The third-order valence-electron chi connectivity index (χ3n) is 2.87. The fraction of sp³-hybridized carbons (Fsp3) is 0.235. The SMILES string of the molecule is C/C=C/CCCOc1ccc(-c2ccc(C#N)s2)cc1. The van der Waals surface area contributed by atoms with Crippen molar-refractivity contribution in [2.45, 2.75) is 19.8 Å². The number of nitrogens with zero attached hydrogens (tertiary/aromatic N) is 1. The molecule has 0 bridgehead atoms. The van der Waals surface area contributed by atoms with Crippen molar-refractivity contribution in [1.29, 1.82) is 5.26 Å². The highest BCUT2D eigenvalue weighted by atomic mass is 32.1. The van der Waals surface area contributed by atoms with Gasteiger partial charge < -0.3 is 4.74 Å². The van der Waals surface area contributed by atoms with Gasteiger partial charge in [-0.1, -0.05) is 12.2 Å². The first-order valence-corrected chi connectivity index (χ1v) is 7.49. The first kappa shape index (κ1) is 14.4. The Labute approximate surface area is 123 Å². The van der Waals surface area contributed by atoms with Crippen molar-refractivity contribution in [1.82, 2.24) is 0 Å². The molecular weight excluding hydrogens is 266 g/mol. The molecule has 0 aliphatic rings. The molecule has 0 unspecified atom stereocenters. The fourth-order valence-electron chi connectivity index (χ4n) is 1.83. The highest BCUT2D eigenvalue weighted by Gasteiger charge is 2.02. The molecule has 0 saturated carbocycles. The van der Waals surface area contributed by atoms with Crippen molar-refractivity contribution in [3.63, 3.8) is 0 Å². The molecule has 2 rings (SSSR count). The predicted molar refractivity (Wildman–Crippen MR) is 84.0 cm³/mol. The third kappa shape index (κ3) is 3.97. The Morgan fingerprint density at radius 3 is 2.65 bits per heavy atom. The van der Waals surface area contributed by atoms with Crippen molar-refractivity contribution >= 4 is 11.3 Å². The highest BCUT2D eigenvalue weighted by Crippen LogP contribution is 2.29. The van der Waals surface area contributed by atoms with Gasteiger partial charge in [0.1, 0.15) is 16.7 Å². The van der Waals surface area contributed by atoms with E-state index >= 15 is 0 Å². The number of allylic oxidation sites excluding steroid dienone is 2. The third-order valence-corrected chi connectivity index (χ3v) is 3.91. The van der Waals surface area contributed by atoms with Crippen LogP contribution in [0.4, 0.5) is 0 Å². The van der Waals surface area contributed by atoms with E-state index in [-0.39, 0.29) is 0 Å². The second-order valence-corrected chi connectivity index (χ2v) is 5.44. The van der Waals surface area contributed by atoms with E-state index in [1.165, 1.54) is 11.3 Å². The van der Waals surface area contributed by atoms with Crippen molar-refractivity contribution in [2.24, 2.45) is 0 Å². The normalized spacial score (nSPS) is 10.6. The van der Waals surface area contributed by atoms with E-state index in [1.807, 2.05) is 43.3 Å². The Morgan fingerprint density at radius 1 is 1.20 bits per heavy atom. The molecule has 1 aromatic heterocycles. The molecule has 102 valence electrons. The van der Waals surface area contributed by atoms with Gasteiger partial charge in [-0.3, -0.25) is 0 Å². The Hall–Kier alpha value is -2.05. The molecule has 0 fully saturated rings. The number of rotatable bonds is 6. The first-order valence-electron chi connectivity index (χ1n) is 6.68. The maximum Gasteiger partial charge on any atom is 0.119 e. The summed E-state index contributed by atoms with van der Waals surface area (Å²) in [6.45, 7) is 2.77. The van der Waals surface area contributed by atoms with Gasteiger partial charge in [0.15, 0.2) is 0 Å². The molecule has 0 amide bonds. The minimum atomic E-state index is 0.737. The van der Waals surface area contributed by atoms with Gasteiger partial charge in [-0.2, -0.15) is 5.26 Å². The van der Waals surface area contributed by atoms with E-state index < -0.39 is 0 Å². The van der Waals surface area contributed by atoms with Crippen LogP contribution in [0.5, 0.6) is 5.75 Å². The summed E-state index contributed by atoms with van der Waals surface area (Å²) in [5, 5.41) is 8.84. The monoisotopic (exact) mass is 283 g/mol. The van der Waals surface area contributed by atoms with Crippen LogP contribution < -0.4 is 4.74 Å². The lowest BCUT2D eigenvalue weighted by Gasteiger charge is -2.05. The van der Waals surface area contributed by atoms with Crippen LogP contribution >= 0.6 is 11.3 Å². The second-order valence-electron chi connectivity index (χ2n) is 4.36. The number of hydrogen-bond acceptors (Lipinski definition) is 3. The van der Waals surface area contributed by atoms with E-state index in [0.717, 1.165) is 40.5 Å². The number of ether oxygens (including phenoxy) is 1. The Balaban J connectivity index is 1.91. The summed E-state index contributed by atoms with van der Waals surface area (Å²) in [5.74, 6) is 0.895. The van der Waals surface area contributed by atoms with Gasteiger partial charge in [0.25, 0.3) is 0 Å². The fourth-order valence-corrected chi connectivity index (χ4v) is 2.64. The summed E-state index contributed by atoms with van der Waals surface area (Å²) in [6.07, 6.45) is 6.30. The van der Waals surface area contributed by atoms with Crippen molar-refractivity contribution in [3.05, 3.63) is 53.4 Å². The van der Waals surface area contributed by atoms with E-state index in [1.54, 1.807) is 0 Å². The number of thiophene rings is 1. The van der Waals surface area contributed by atoms with Gasteiger partial charge in [-0.25, -0.2) is 0 Å². The van der Waals surface area contributed by atoms with Crippen molar-refractivity contribution < 1.29 is 4.74 Å². The zero-order valence-corrected chi connectivity index (χ0v) is 12.3. The Bertz CT molecular complexity index is 605. The molecule has 1 aromatic carbocycles. The molecule has 2 aromatic rings. The van der Waals surface area contributed by atoms with Gasteiger partial charge in [0, 0.05) is 4.88 Å². The van der Waals surface area contributed by atoms with Gasteiger partial charge in [-0.05, 0) is 61.7 Å². The number of benzene rings is 1. The summed E-state index contributed by atoms with van der Waals surface area (Å²) in [5.41, 5.74) is 1.12. The minimum absolute atomic E-state index is 0.737. The molecule has 0 N–H and O–H groups in total. The van der Waals surface area contributed by atoms with E-state index in [0.29, 0.717) is 0 Å². The van der Waals surface area contributed by atoms with Crippen LogP contribution in [-0.2, 0) is 0 Å². The van der Waals surface area contributed by atoms with Crippen LogP contribution in [0.25, 0.3) is 10.4 Å². The molecule has 0 atom stereocenters. The first-order chi connectivity index (χ1) is 9.83. The van der Waals surface area contributed by atoms with Gasteiger partial charge in [0.05, 0.1) is 6.61 Å². The van der Waals surface area contributed by atoms with Crippen molar-refractivity contribution in [3.8, 4) is 22.3 Å². The molecule has 0 aliphatic heterocycles. The van der Waals surface area contributed by atoms with Gasteiger partial charge in [0.2, 0.25) is 0 Å². The summed E-state index contributed by atoms with van der Waals surface area (Å²) in [7, 11) is 0. The van der Waals surface area contributed by atoms with Gasteiger partial charge >= 0.3 is 0 Å². The maximum absolute atomic E-state index is 8.84. The average Bonchev–Trinajstić information content (AvgIpc) is 2.97. The Morgan fingerprint density at radius 2 is 2.00 bits per heavy atom. The zero-order chi connectivity index (χ0) is 14.2. The molecule has 0 aliphatic carbocycles. The van der Waals surface area contributed by atoms with Crippen LogP contribution in [0.2, 0.25) is 0 Å². The van der Waals surface area contributed by atoms with Crippen molar-refractivity contribution in [2.75, 3.05) is 6.61 Å². The average molecular weight is 283 g/mol. The summed E-state index contributed by atoms with van der Waals surface area (Å²) < 4.78 is 5.69. The molecule has 3 heteroatoms. The Kier molecular flexibility index (Phi) is 5.40. The van der Waals surface area contributed by atoms with Crippen LogP contribution in [0.1, 0.15) is 24.6 Å². The maximum atomic E-state index is 8.84.